The van der Waals surface area contributed by atoms with Crippen LogP contribution in [0.15, 0.2) is 46.0 Å². The standard InChI is InChI=1S/C20H30N4O3/c1-3-21-20(22-11-7-8-12-26-14-13-25-2)23-15-18-16-27-19(24-18)17-9-5-4-6-10-17/h4-6,9-10,16H,3,7-8,11-15H2,1-2H3,(H2,21,22,23). The Morgan fingerprint density at radius 2 is 1.96 bits per heavy atom. The summed E-state index contributed by atoms with van der Waals surface area (Å²) in [7, 11) is 1.68. The van der Waals surface area contributed by atoms with E-state index in [1.807, 2.05) is 37.3 Å². The Morgan fingerprint density at radius 1 is 1.11 bits per heavy atom. The zero-order chi connectivity index (χ0) is 19.2. The highest BCUT2D eigenvalue weighted by atomic mass is 16.5. The molecule has 0 aliphatic rings. The fraction of sp³-hybridized carbons (Fsp3) is 0.500. The molecule has 2 rings (SSSR count). The summed E-state index contributed by atoms with van der Waals surface area (Å²) in [5.41, 5.74) is 1.77. The zero-order valence-electron chi connectivity index (χ0n) is 16.2. The molecule has 0 aliphatic heterocycles. The van der Waals surface area contributed by atoms with Gasteiger partial charge in [0.05, 0.1) is 19.8 Å². The average Bonchev–Trinajstić information content (AvgIpc) is 3.18. The van der Waals surface area contributed by atoms with Gasteiger partial charge in [-0.3, -0.25) is 0 Å². The number of unbranched alkanes of at least 4 members (excludes halogenated alkanes) is 1. The third-order valence-corrected chi connectivity index (χ3v) is 3.76. The largest absolute Gasteiger partial charge is 0.444 e. The van der Waals surface area contributed by atoms with Gasteiger partial charge in [0.25, 0.3) is 0 Å². The molecule has 7 heteroatoms. The Labute approximate surface area is 161 Å². The topological polar surface area (TPSA) is 80.9 Å². The number of aromatic nitrogens is 1. The highest BCUT2D eigenvalue weighted by molar-refractivity contribution is 5.79. The van der Waals surface area contributed by atoms with Gasteiger partial charge in [0.1, 0.15) is 12.0 Å². The van der Waals surface area contributed by atoms with Crippen molar-refractivity contribution in [1.29, 1.82) is 0 Å². The summed E-state index contributed by atoms with van der Waals surface area (Å²) in [5.74, 6) is 1.40. The fourth-order valence-corrected chi connectivity index (χ4v) is 2.37. The lowest BCUT2D eigenvalue weighted by Crippen LogP contribution is -2.37. The summed E-state index contributed by atoms with van der Waals surface area (Å²) in [6.45, 7) is 6.20. The predicted octanol–water partition coefficient (Wildman–Crippen LogP) is 2.84. The predicted molar refractivity (Wildman–Crippen MR) is 107 cm³/mol. The molecule has 0 saturated heterocycles. The number of ether oxygens (including phenoxy) is 2. The van der Waals surface area contributed by atoms with Crippen LogP contribution in [0.4, 0.5) is 0 Å². The molecule has 1 heterocycles. The molecule has 0 aliphatic carbocycles. The molecule has 1 aromatic carbocycles. The second kappa shape index (κ2) is 12.9. The highest BCUT2D eigenvalue weighted by Crippen LogP contribution is 2.18. The molecule has 0 fully saturated rings. The molecule has 7 nitrogen and oxygen atoms in total. The van der Waals surface area contributed by atoms with E-state index in [0.717, 1.165) is 49.8 Å². The molecule has 0 radical (unpaired) electrons. The van der Waals surface area contributed by atoms with Gasteiger partial charge in [-0.05, 0) is 31.9 Å². The van der Waals surface area contributed by atoms with Crippen LogP contribution in [0.1, 0.15) is 25.5 Å². The number of rotatable bonds is 12. The molecule has 0 bridgehead atoms. The summed E-state index contributed by atoms with van der Waals surface area (Å²) >= 11 is 0. The van der Waals surface area contributed by atoms with Crippen LogP contribution in [0.2, 0.25) is 0 Å². The van der Waals surface area contributed by atoms with Crippen molar-refractivity contribution in [3.05, 3.63) is 42.3 Å². The van der Waals surface area contributed by atoms with E-state index < -0.39 is 0 Å². The lowest BCUT2D eigenvalue weighted by Gasteiger charge is -2.11. The number of hydrogen-bond acceptors (Lipinski definition) is 5. The average molecular weight is 374 g/mol. The SMILES string of the molecule is CCNC(=NCc1coc(-c2ccccc2)n1)NCCCCOCCOC. The van der Waals surface area contributed by atoms with E-state index in [-0.39, 0.29) is 0 Å². The number of guanidine groups is 1. The van der Waals surface area contributed by atoms with Crippen molar-refractivity contribution in [2.45, 2.75) is 26.3 Å². The number of benzene rings is 1. The number of oxazole rings is 1. The number of methoxy groups -OCH3 is 1. The van der Waals surface area contributed by atoms with E-state index in [1.165, 1.54) is 0 Å². The van der Waals surface area contributed by atoms with Gasteiger partial charge in [-0.2, -0.15) is 0 Å². The van der Waals surface area contributed by atoms with Gasteiger partial charge in [-0.25, -0.2) is 9.98 Å². The quantitative estimate of drug-likeness (QED) is 0.338. The third kappa shape index (κ3) is 8.23. The number of nitrogens with zero attached hydrogens (tertiary/aromatic N) is 2. The van der Waals surface area contributed by atoms with Crippen LogP contribution in [0.3, 0.4) is 0 Å². The molecule has 0 unspecified atom stereocenters. The summed E-state index contributed by atoms with van der Waals surface area (Å²) in [6, 6.07) is 9.85. The molecule has 2 N–H and O–H groups in total. The van der Waals surface area contributed by atoms with Crippen molar-refractivity contribution in [3.8, 4) is 11.5 Å². The monoisotopic (exact) mass is 374 g/mol. The van der Waals surface area contributed by atoms with E-state index in [1.54, 1.807) is 13.4 Å². The summed E-state index contributed by atoms with van der Waals surface area (Å²) in [5, 5.41) is 6.57. The van der Waals surface area contributed by atoms with Crippen LogP contribution in [0, 0.1) is 0 Å². The van der Waals surface area contributed by atoms with E-state index in [0.29, 0.717) is 25.6 Å². The molecule has 0 amide bonds. The number of aliphatic imine (C=N–C) groups is 1. The summed E-state index contributed by atoms with van der Waals surface area (Å²) < 4.78 is 16.0. The Balaban J connectivity index is 1.74. The van der Waals surface area contributed by atoms with Crippen molar-refractivity contribution in [3.63, 3.8) is 0 Å². The summed E-state index contributed by atoms with van der Waals surface area (Å²) in [6.07, 6.45) is 3.67. The molecule has 0 atom stereocenters. The maximum Gasteiger partial charge on any atom is 0.226 e. The Hall–Kier alpha value is -2.38. The van der Waals surface area contributed by atoms with Gasteiger partial charge in [0.15, 0.2) is 5.96 Å². The molecular weight excluding hydrogens is 344 g/mol. The van der Waals surface area contributed by atoms with Crippen LogP contribution in [-0.2, 0) is 16.0 Å². The van der Waals surface area contributed by atoms with Gasteiger partial charge in [0.2, 0.25) is 5.89 Å². The van der Waals surface area contributed by atoms with Crippen LogP contribution < -0.4 is 10.6 Å². The molecular formula is C20H30N4O3. The van der Waals surface area contributed by atoms with E-state index in [4.69, 9.17) is 13.9 Å². The lowest BCUT2D eigenvalue weighted by atomic mass is 10.2. The van der Waals surface area contributed by atoms with Gasteiger partial charge >= 0.3 is 0 Å². The first-order valence-electron chi connectivity index (χ1n) is 9.42. The minimum Gasteiger partial charge on any atom is -0.444 e. The minimum atomic E-state index is 0.464. The Bertz CT molecular complexity index is 658. The van der Waals surface area contributed by atoms with Crippen LogP contribution in [0.5, 0.6) is 0 Å². The molecule has 2 aromatic rings. The molecule has 0 saturated carbocycles. The number of hydrogen-bond donors (Lipinski definition) is 2. The van der Waals surface area contributed by atoms with Crippen LogP contribution in [-0.4, -0.2) is 51.0 Å². The van der Waals surface area contributed by atoms with Crippen LogP contribution in [0.25, 0.3) is 11.5 Å². The fourth-order valence-electron chi connectivity index (χ4n) is 2.37. The maximum absolute atomic E-state index is 5.55. The zero-order valence-corrected chi connectivity index (χ0v) is 16.2. The molecule has 1 aromatic heterocycles. The van der Waals surface area contributed by atoms with Gasteiger partial charge < -0.3 is 24.5 Å². The van der Waals surface area contributed by atoms with Gasteiger partial charge in [0, 0.05) is 32.4 Å². The summed E-state index contributed by atoms with van der Waals surface area (Å²) in [4.78, 5) is 9.07. The second-order valence-corrected chi connectivity index (χ2v) is 5.94. The molecule has 27 heavy (non-hydrogen) atoms. The first kappa shape index (κ1) is 20.9. The van der Waals surface area contributed by atoms with E-state index in [9.17, 15) is 0 Å². The van der Waals surface area contributed by atoms with Crippen LogP contribution >= 0.6 is 0 Å². The first-order valence-corrected chi connectivity index (χ1v) is 9.42. The van der Waals surface area contributed by atoms with Crippen molar-refractivity contribution < 1.29 is 13.9 Å². The van der Waals surface area contributed by atoms with E-state index >= 15 is 0 Å². The van der Waals surface area contributed by atoms with Crippen molar-refractivity contribution >= 4 is 5.96 Å². The molecule has 0 spiro atoms. The number of nitrogens with one attached hydrogen (secondary N) is 2. The Kier molecular flexibility index (Phi) is 9.99. The van der Waals surface area contributed by atoms with Crippen molar-refractivity contribution in [2.75, 3.05) is 40.0 Å². The highest BCUT2D eigenvalue weighted by Gasteiger charge is 2.06. The minimum absolute atomic E-state index is 0.464. The lowest BCUT2D eigenvalue weighted by molar-refractivity contribution is 0.0689. The van der Waals surface area contributed by atoms with Gasteiger partial charge in [-0.15, -0.1) is 0 Å². The first-order chi connectivity index (χ1) is 13.3. The molecule has 148 valence electrons. The normalized spacial score (nSPS) is 11.6. The third-order valence-electron chi connectivity index (χ3n) is 3.76. The van der Waals surface area contributed by atoms with Gasteiger partial charge in [-0.1, -0.05) is 18.2 Å². The van der Waals surface area contributed by atoms with Crippen molar-refractivity contribution in [2.24, 2.45) is 4.99 Å². The maximum atomic E-state index is 5.55. The van der Waals surface area contributed by atoms with E-state index in [2.05, 4.69) is 20.6 Å². The Morgan fingerprint density at radius 3 is 2.74 bits per heavy atom. The second-order valence-electron chi connectivity index (χ2n) is 5.94. The van der Waals surface area contributed by atoms with Crippen molar-refractivity contribution in [1.82, 2.24) is 15.6 Å². The smallest absolute Gasteiger partial charge is 0.226 e.